The molecule has 0 bridgehead atoms. The van der Waals surface area contributed by atoms with Gasteiger partial charge in [-0.2, -0.15) is 0 Å². The minimum absolute atomic E-state index is 0.0452. The molecule has 3 heterocycles. The van der Waals surface area contributed by atoms with E-state index in [1.807, 2.05) is 23.1 Å². The average molecular weight is 427 g/mol. The highest BCUT2D eigenvalue weighted by atomic mass is 31.0. The Morgan fingerprint density at radius 3 is 2.74 bits per heavy atom. The van der Waals surface area contributed by atoms with E-state index in [2.05, 4.69) is 48.2 Å². The van der Waals surface area contributed by atoms with Crippen molar-refractivity contribution < 1.29 is 4.79 Å². The number of nitrogens with zero attached hydrogens (tertiary/aromatic N) is 4. The highest BCUT2D eigenvalue weighted by Crippen LogP contribution is 2.54. The summed E-state index contributed by atoms with van der Waals surface area (Å²) < 4.78 is 0. The molecular formula is C24H22N5OP. The van der Waals surface area contributed by atoms with Crippen LogP contribution in [0.15, 0.2) is 55.2 Å². The van der Waals surface area contributed by atoms with Gasteiger partial charge in [-0.25, -0.2) is 4.98 Å². The Labute approximate surface area is 182 Å². The maximum atomic E-state index is 13.3. The second-order valence-electron chi connectivity index (χ2n) is 8.51. The maximum absolute atomic E-state index is 13.3. The van der Waals surface area contributed by atoms with E-state index in [0.29, 0.717) is 5.92 Å². The average Bonchev–Trinajstić information content (AvgIpc) is 3.48. The van der Waals surface area contributed by atoms with E-state index >= 15 is 0 Å². The smallest absolute Gasteiger partial charge is 0.233 e. The highest BCUT2D eigenvalue weighted by Gasteiger charge is 2.55. The number of H-pyrrole nitrogens is 1. The second kappa shape index (κ2) is 6.96. The summed E-state index contributed by atoms with van der Waals surface area (Å²) in [6.45, 7) is 2.13. The minimum atomic E-state index is 0.0452. The largest absolute Gasteiger partial charge is 0.345 e. The van der Waals surface area contributed by atoms with E-state index in [1.54, 1.807) is 24.9 Å². The van der Waals surface area contributed by atoms with Crippen molar-refractivity contribution in [3.63, 3.8) is 0 Å². The van der Waals surface area contributed by atoms with Crippen molar-refractivity contribution >= 4 is 37.2 Å². The van der Waals surface area contributed by atoms with Crippen LogP contribution in [0.5, 0.6) is 0 Å². The van der Waals surface area contributed by atoms with Crippen LogP contribution >= 0.6 is 9.24 Å². The number of aryl methyl sites for hydroxylation is 1. The molecule has 31 heavy (non-hydrogen) atoms. The van der Waals surface area contributed by atoms with Gasteiger partial charge in [-0.1, -0.05) is 0 Å². The molecule has 1 saturated carbocycles. The zero-order valence-electron chi connectivity index (χ0n) is 17.1. The van der Waals surface area contributed by atoms with E-state index in [9.17, 15) is 4.79 Å². The van der Waals surface area contributed by atoms with Crippen LogP contribution in [0.2, 0.25) is 0 Å². The Bertz CT molecular complexity index is 1290. The van der Waals surface area contributed by atoms with Crippen molar-refractivity contribution in [3.8, 4) is 11.3 Å². The van der Waals surface area contributed by atoms with Gasteiger partial charge in [-0.15, -0.1) is 9.24 Å². The first-order valence-electron chi connectivity index (χ1n) is 10.5. The zero-order valence-corrected chi connectivity index (χ0v) is 18.3. The topological polar surface area (TPSA) is 74.8 Å². The fraction of sp³-hybridized carbons (Fsp3) is 0.250. The molecule has 2 aromatic carbocycles. The Hall–Kier alpha value is -3.11. The molecule has 3 unspecified atom stereocenters. The summed E-state index contributed by atoms with van der Waals surface area (Å²) in [6.07, 6.45) is 9.15. The summed E-state index contributed by atoms with van der Waals surface area (Å²) in [5.74, 6) is 0.777. The van der Waals surface area contributed by atoms with Crippen LogP contribution in [0.3, 0.4) is 0 Å². The number of hydrogen-bond donors (Lipinski definition) is 1. The van der Waals surface area contributed by atoms with E-state index in [-0.39, 0.29) is 17.9 Å². The van der Waals surface area contributed by atoms with E-state index < -0.39 is 0 Å². The lowest BCUT2D eigenvalue weighted by molar-refractivity contribution is -0.131. The number of nitrogens with one attached hydrogen (secondary N) is 1. The zero-order chi connectivity index (χ0) is 21.1. The summed E-state index contributed by atoms with van der Waals surface area (Å²) in [5.41, 5.74) is 7.06. The van der Waals surface area contributed by atoms with Crippen molar-refractivity contribution in [2.24, 2.45) is 11.8 Å². The third kappa shape index (κ3) is 2.97. The molecule has 1 N–H and O–H groups in total. The highest BCUT2D eigenvalue weighted by molar-refractivity contribution is 7.27. The van der Waals surface area contributed by atoms with Crippen molar-refractivity contribution in [2.45, 2.75) is 25.8 Å². The molecule has 2 aliphatic rings. The Morgan fingerprint density at radius 1 is 1.13 bits per heavy atom. The van der Waals surface area contributed by atoms with Gasteiger partial charge < -0.3 is 9.88 Å². The summed E-state index contributed by atoms with van der Waals surface area (Å²) in [5, 5.41) is 1.11. The predicted octanol–water partition coefficient (Wildman–Crippen LogP) is 3.94. The summed E-state index contributed by atoms with van der Waals surface area (Å²) in [4.78, 5) is 31.4. The minimum Gasteiger partial charge on any atom is -0.345 e. The first kappa shape index (κ1) is 18.6. The number of anilines is 1. The number of benzene rings is 2. The van der Waals surface area contributed by atoms with Gasteiger partial charge in [0, 0.05) is 23.6 Å². The van der Waals surface area contributed by atoms with Crippen LogP contribution in [0.25, 0.3) is 22.3 Å². The molecule has 1 amide bonds. The van der Waals surface area contributed by atoms with Crippen molar-refractivity contribution in [2.75, 3.05) is 4.90 Å². The lowest BCUT2D eigenvalue weighted by Gasteiger charge is -2.49. The molecule has 4 aromatic rings. The van der Waals surface area contributed by atoms with Gasteiger partial charge in [0.1, 0.15) is 0 Å². The van der Waals surface area contributed by atoms with Crippen LogP contribution in [-0.4, -0.2) is 25.8 Å². The van der Waals surface area contributed by atoms with Gasteiger partial charge in [0.2, 0.25) is 5.91 Å². The van der Waals surface area contributed by atoms with E-state index in [4.69, 9.17) is 0 Å². The van der Waals surface area contributed by atoms with Gasteiger partial charge in [0.25, 0.3) is 0 Å². The SMILES string of the molecule is Cc1cc(-c2cnccn2)cc(P)c1C1C(C2CC2)C(=O)N1c1ccc2nc[nH]c2c1. The van der Waals surface area contributed by atoms with Crippen molar-refractivity contribution in [3.05, 3.63) is 66.4 Å². The van der Waals surface area contributed by atoms with Gasteiger partial charge in [-0.05, 0) is 72.4 Å². The first-order chi connectivity index (χ1) is 15.1. The van der Waals surface area contributed by atoms with E-state index in [0.717, 1.165) is 46.1 Å². The Morgan fingerprint density at radius 2 is 2.00 bits per heavy atom. The quantitative estimate of drug-likeness (QED) is 0.395. The molecule has 0 radical (unpaired) electrons. The second-order valence-corrected chi connectivity index (χ2v) is 9.13. The summed E-state index contributed by atoms with van der Waals surface area (Å²) >= 11 is 0. The third-order valence-electron chi connectivity index (χ3n) is 6.53. The van der Waals surface area contributed by atoms with Crippen molar-refractivity contribution in [1.29, 1.82) is 0 Å². The molecule has 1 aliphatic heterocycles. The van der Waals surface area contributed by atoms with Crippen LogP contribution in [0.1, 0.15) is 30.0 Å². The Balaban J connectivity index is 1.45. The molecule has 0 spiro atoms. The number of carbonyl (C=O) groups is 1. The molecule has 2 aromatic heterocycles. The lowest BCUT2D eigenvalue weighted by Crippen LogP contribution is -2.57. The van der Waals surface area contributed by atoms with Crippen LogP contribution in [-0.2, 0) is 4.79 Å². The maximum Gasteiger partial charge on any atom is 0.233 e. The molecule has 2 fully saturated rings. The van der Waals surface area contributed by atoms with Crippen LogP contribution in [0, 0.1) is 18.8 Å². The molecular weight excluding hydrogens is 405 g/mol. The number of aromatic amines is 1. The number of rotatable bonds is 4. The molecule has 7 heteroatoms. The number of aromatic nitrogens is 4. The number of carbonyl (C=O) groups excluding carboxylic acids is 1. The molecule has 6 rings (SSSR count). The van der Waals surface area contributed by atoms with Gasteiger partial charge in [0.05, 0.1) is 41.2 Å². The van der Waals surface area contributed by atoms with Crippen LogP contribution < -0.4 is 10.2 Å². The monoisotopic (exact) mass is 427 g/mol. The molecule has 6 nitrogen and oxygen atoms in total. The standard InChI is InChI=1S/C24H22N5OP/c1-13-8-15(19-11-25-6-7-26-19)9-20(31)21(13)23-22(14-2-3-14)24(30)29(23)16-4-5-17-18(10-16)28-12-27-17/h4-12,14,22-23H,2-3,31H2,1H3,(H,27,28). The number of fused-ring (bicyclic) bond motifs is 1. The van der Waals surface area contributed by atoms with Gasteiger partial charge in [0.15, 0.2) is 0 Å². The summed E-state index contributed by atoms with van der Waals surface area (Å²) in [7, 11) is 2.89. The fourth-order valence-corrected chi connectivity index (χ4v) is 5.50. The molecule has 3 atom stereocenters. The fourth-order valence-electron chi connectivity index (χ4n) is 4.92. The number of imidazole rings is 1. The van der Waals surface area contributed by atoms with E-state index in [1.165, 1.54) is 11.1 Å². The first-order valence-corrected chi connectivity index (χ1v) is 11.1. The van der Waals surface area contributed by atoms with Crippen LogP contribution in [0.4, 0.5) is 5.69 Å². The predicted molar refractivity (Wildman–Crippen MR) is 124 cm³/mol. The number of amides is 1. The lowest BCUT2D eigenvalue weighted by atomic mass is 9.77. The van der Waals surface area contributed by atoms with Crippen molar-refractivity contribution in [1.82, 2.24) is 19.9 Å². The van der Waals surface area contributed by atoms with Gasteiger partial charge in [-0.3, -0.25) is 14.8 Å². The van der Waals surface area contributed by atoms with Gasteiger partial charge >= 0.3 is 0 Å². The summed E-state index contributed by atoms with van der Waals surface area (Å²) in [6, 6.07) is 10.4. The molecule has 154 valence electrons. The normalized spacial score (nSPS) is 20.8. The molecule has 1 aliphatic carbocycles. The Kier molecular flexibility index (Phi) is 4.19. The number of hydrogen-bond acceptors (Lipinski definition) is 4. The third-order valence-corrected chi connectivity index (χ3v) is 7.00. The number of β-lactam (4-membered cyclic amide) rings is 1. The molecule has 1 saturated heterocycles.